The first-order valence-electron chi connectivity index (χ1n) is 5.11. The zero-order valence-corrected chi connectivity index (χ0v) is 10.6. The van der Waals surface area contributed by atoms with Crippen molar-refractivity contribution < 1.29 is 0 Å². The number of nitrogens with zero attached hydrogens (tertiary/aromatic N) is 1. The van der Waals surface area contributed by atoms with Crippen LogP contribution >= 0.6 is 15.9 Å². The summed E-state index contributed by atoms with van der Waals surface area (Å²) in [6.07, 6.45) is 0. The Morgan fingerprint density at radius 3 is 2.67 bits per heavy atom. The van der Waals surface area contributed by atoms with Crippen LogP contribution in [0.2, 0.25) is 0 Å². The maximum Gasteiger partial charge on any atom is 0.0589 e. The molecule has 2 N–H and O–H groups in total. The number of para-hydroxylation sites is 1. The van der Waals surface area contributed by atoms with Crippen molar-refractivity contribution in [1.29, 1.82) is 0 Å². The van der Waals surface area contributed by atoms with E-state index in [0.29, 0.717) is 6.04 Å². The van der Waals surface area contributed by atoms with Crippen LogP contribution in [0.3, 0.4) is 0 Å². The lowest BCUT2D eigenvalue weighted by atomic mass is 10.0. The lowest BCUT2D eigenvalue weighted by Gasteiger charge is -2.34. The molecule has 2 rings (SSSR count). The molecule has 1 aliphatic heterocycles. The molecule has 0 spiro atoms. The molecule has 1 aliphatic rings. The summed E-state index contributed by atoms with van der Waals surface area (Å²) in [5.41, 5.74) is 9.37. The molecular formula is C12H15BrN2. The monoisotopic (exact) mass is 266 g/mol. The van der Waals surface area contributed by atoms with Gasteiger partial charge in [-0.15, -0.1) is 0 Å². The lowest BCUT2D eigenvalue weighted by molar-refractivity contribution is 0.705. The van der Waals surface area contributed by atoms with Gasteiger partial charge in [-0.05, 0) is 35.8 Å². The van der Waals surface area contributed by atoms with E-state index >= 15 is 0 Å². The van der Waals surface area contributed by atoms with Crippen LogP contribution in [0.5, 0.6) is 0 Å². The molecular weight excluding hydrogens is 252 g/mol. The summed E-state index contributed by atoms with van der Waals surface area (Å²) >= 11 is 3.56. The number of hydrogen-bond acceptors (Lipinski definition) is 2. The molecule has 0 saturated heterocycles. The molecule has 1 aromatic carbocycles. The van der Waals surface area contributed by atoms with Gasteiger partial charge in [0.25, 0.3) is 0 Å². The average Bonchev–Trinajstić information content (AvgIpc) is 2.23. The van der Waals surface area contributed by atoms with Crippen LogP contribution in [0, 0.1) is 0 Å². The zero-order valence-electron chi connectivity index (χ0n) is 9.00. The molecule has 15 heavy (non-hydrogen) atoms. The minimum absolute atomic E-state index is 0.463. The smallest absolute Gasteiger partial charge is 0.0589 e. The third kappa shape index (κ3) is 1.76. The second kappa shape index (κ2) is 3.89. The number of rotatable bonds is 1. The van der Waals surface area contributed by atoms with Gasteiger partial charge in [0.2, 0.25) is 0 Å². The van der Waals surface area contributed by atoms with Crippen molar-refractivity contribution >= 4 is 26.1 Å². The Morgan fingerprint density at radius 1 is 1.33 bits per heavy atom. The highest BCUT2D eigenvalue weighted by Crippen LogP contribution is 2.37. The Balaban J connectivity index is 2.55. The number of benzene rings is 1. The molecule has 0 unspecified atom stereocenters. The molecule has 0 saturated carbocycles. The normalized spacial score (nSPS) is 15.9. The van der Waals surface area contributed by atoms with E-state index in [-0.39, 0.29) is 0 Å². The van der Waals surface area contributed by atoms with Crippen LogP contribution in [-0.2, 0) is 0 Å². The highest BCUT2D eigenvalue weighted by Gasteiger charge is 2.22. The number of hydrogen-bond donors (Lipinski definition) is 1. The Hall–Kier alpha value is -0.960. The van der Waals surface area contributed by atoms with Crippen LogP contribution in [0.15, 0.2) is 30.0 Å². The van der Waals surface area contributed by atoms with Gasteiger partial charge in [-0.2, -0.15) is 0 Å². The molecule has 0 aromatic heterocycles. The fourth-order valence-electron chi connectivity index (χ4n) is 1.88. The fraction of sp³-hybridized carbons (Fsp3) is 0.333. The summed E-state index contributed by atoms with van der Waals surface area (Å²) in [6, 6.07) is 8.81. The zero-order chi connectivity index (χ0) is 11.0. The predicted octanol–water partition coefficient (Wildman–Crippen LogP) is 2.94. The summed E-state index contributed by atoms with van der Waals surface area (Å²) in [6.45, 7) is 5.17. The molecule has 2 nitrogen and oxygen atoms in total. The van der Waals surface area contributed by atoms with Gasteiger partial charge in [-0.1, -0.05) is 18.2 Å². The van der Waals surface area contributed by atoms with Gasteiger partial charge in [-0.3, -0.25) is 0 Å². The third-order valence-corrected chi connectivity index (χ3v) is 3.63. The van der Waals surface area contributed by atoms with Crippen molar-refractivity contribution in [3.63, 3.8) is 0 Å². The van der Waals surface area contributed by atoms with Gasteiger partial charge in [0.15, 0.2) is 0 Å². The summed E-state index contributed by atoms with van der Waals surface area (Å²) in [5, 5.41) is 0. The lowest BCUT2D eigenvalue weighted by Crippen LogP contribution is -2.37. The van der Waals surface area contributed by atoms with Crippen LogP contribution in [0.4, 0.5) is 5.69 Å². The SMILES string of the molecule is CC(C)N1CC(N)=C(Br)c2ccccc21. The maximum absolute atomic E-state index is 6.01. The number of anilines is 1. The Labute approximate surface area is 98.9 Å². The molecule has 80 valence electrons. The first kappa shape index (κ1) is 10.6. The standard InChI is InChI=1S/C12H15BrN2/c1-8(2)15-7-10(14)12(13)9-5-3-4-6-11(9)15/h3-6,8H,7,14H2,1-2H3. The fourth-order valence-corrected chi connectivity index (χ4v) is 2.34. The minimum Gasteiger partial charge on any atom is -0.400 e. The molecule has 3 heteroatoms. The summed E-state index contributed by atoms with van der Waals surface area (Å²) < 4.78 is 1.04. The first-order valence-corrected chi connectivity index (χ1v) is 5.90. The van der Waals surface area contributed by atoms with E-state index in [0.717, 1.165) is 16.7 Å². The molecule has 0 amide bonds. The molecule has 0 radical (unpaired) electrons. The topological polar surface area (TPSA) is 29.3 Å². The second-order valence-corrected chi connectivity index (χ2v) is 4.87. The van der Waals surface area contributed by atoms with Crippen LogP contribution < -0.4 is 10.6 Å². The van der Waals surface area contributed by atoms with Crippen molar-refractivity contribution in [2.24, 2.45) is 5.73 Å². The van der Waals surface area contributed by atoms with Gasteiger partial charge in [-0.25, -0.2) is 0 Å². The number of halogens is 1. The van der Waals surface area contributed by atoms with Crippen molar-refractivity contribution in [1.82, 2.24) is 0 Å². The minimum atomic E-state index is 0.463. The molecule has 0 aliphatic carbocycles. The van der Waals surface area contributed by atoms with Crippen molar-refractivity contribution in [2.45, 2.75) is 19.9 Å². The van der Waals surface area contributed by atoms with Gasteiger partial charge >= 0.3 is 0 Å². The van der Waals surface area contributed by atoms with E-state index < -0.39 is 0 Å². The predicted molar refractivity (Wildman–Crippen MR) is 69.0 cm³/mol. The van der Waals surface area contributed by atoms with Crippen molar-refractivity contribution in [2.75, 3.05) is 11.4 Å². The maximum atomic E-state index is 6.01. The van der Waals surface area contributed by atoms with Crippen LogP contribution in [0.25, 0.3) is 4.48 Å². The second-order valence-electron chi connectivity index (χ2n) is 4.08. The van der Waals surface area contributed by atoms with E-state index in [2.05, 4.69) is 52.9 Å². The summed E-state index contributed by atoms with van der Waals surface area (Å²) in [5.74, 6) is 0. The van der Waals surface area contributed by atoms with Crippen molar-refractivity contribution in [3.8, 4) is 0 Å². The molecule has 0 fully saturated rings. The third-order valence-electron chi connectivity index (χ3n) is 2.70. The van der Waals surface area contributed by atoms with E-state index in [1.165, 1.54) is 11.3 Å². The van der Waals surface area contributed by atoms with E-state index in [1.807, 2.05) is 6.07 Å². The van der Waals surface area contributed by atoms with E-state index in [1.54, 1.807) is 0 Å². The molecule has 1 aromatic rings. The van der Waals surface area contributed by atoms with Crippen molar-refractivity contribution in [3.05, 3.63) is 35.5 Å². The van der Waals surface area contributed by atoms with E-state index in [9.17, 15) is 0 Å². The Bertz CT molecular complexity index is 410. The number of fused-ring (bicyclic) bond motifs is 1. The van der Waals surface area contributed by atoms with E-state index in [4.69, 9.17) is 5.73 Å². The van der Waals surface area contributed by atoms with Crippen LogP contribution in [-0.4, -0.2) is 12.6 Å². The highest BCUT2D eigenvalue weighted by atomic mass is 79.9. The molecule has 0 bridgehead atoms. The average molecular weight is 267 g/mol. The Morgan fingerprint density at radius 2 is 2.00 bits per heavy atom. The quantitative estimate of drug-likeness (QED) is 0.847. The molecule has 1 heterocycles. The highest BCUT2D eigenvalue weighted by molar-refractivity contribution is 9.15. The summed E-state index contributed by atoms with van der Waals surface area (Å²) in [4.78, 5) is 2.31. The van der Waals surface area contributed by atoms with Crippen LogP contribution in [0.1, 0.15) is 19.4 Å². The first-order chi connectivity index (χ1) is 7.11. The largest absolute Gasteiger partial charge is 0.400 e. The Kier molecular flexibility index (Phi) is 2.74. The van der Waals surface area contributed by atoms with Gasteiger partial charge in [0.1, 0.15) is 0 Å². The summed E-state index contributed by atoms with van der Waals surface area (Å²) in [7, 11) is 0. The van der Waals surface area contributed by atoms with Gasteiger partial charge in [0, 0.05) is 27.5 Å². The molecule has 0 atom stereocenters. The number of nitrogens with two attached hydrogens (primary N) is 1. The van der Waals surface area contributed by atoms with Gasteiger partial charge < -0.3 is 10.6 Å². The van der Waals surface area contributed by atoms with Gasteiger partial charge in [0.05, 0.1) is 6.54 Å².